The summed E-state index contributed by atoms with van der Waals surface area (Å²) in [5.74, 6) is 0. The van der Waals surface area contributed by atoms with Crippen LogP contribution in [0.1, 0.15) is 5.56 Å². The molecule has 0 fully saturated rings. The first-order chi connectivity index (χ1) is 8.53. The van der Waals surface area contributed by atoms with Crippen LogP contribution < -0.4 is 0 Å². The molecule has 0 aliphatic rings. The van der Waals surface area contributed by atoms with Gasteiger partial charge in [0.1, 0.15) is 6.61 Å². The molecule has 1 rings (SSSR count). The van der Waals surface area contributed by atoms with E-state index < -0.39 is 14.2 Å². The van der Waals surface area contributed by atoms with Gasteiger partial charge in [0, 0.05) is 0 Å². The SMILES string of the molecule is COC(=O)OC/C=C\[Si](C)(C)Cc1ccccc1. The van der Waals surface area contributed by atoms with Gasteiger partial charge in [-0.15, -0.1) is 0 Å². The lowest BCUT2D eigenvalue weighted by molar-refractivity contribution is 0.0818. The van der Waals surface area contributed by atoms with E-state index in [1.807, 2.05) is 12.1 Å². The number of methoxy groups -OCH3 is 1. The summed E-state index contributed by atoms with van der Waals surface area (Å²) in [7, 11) is -0.133. The van der Waals surface area contributed by atoms with Crippen LogP contribution in [-0.2, 0) is 15.5 Å². The monoisotopic (exact) mass is 264 g/mol. The summed E-state index contributed by atoms with van der Waals surface area (Å²) in [6.45, 7) is 4.85. The second-order valence-electron chi connectivity index (χ2n) is 4.82. The molecule has 0 saturated carbocycles. The number of hydrogen-bond donors (Lipinski definition) is 0. The lowest BCUT2D eigenvalue weighted by Gasteiger charge is -2.17. The highest BCUT2D eigenvalue weighted by molar-refractivity contribution is 6.81. The summed E-state index contributed by atoms with van der Waals surface area (Å²) in [6.07, 6.45) is 1.27. The zero-order chi connectivity index (χ0) is 13.4. The van der Waals surface area contributed by atoms with Gasteiger partial charge in [0.25, 0.3) is 0 Å². The molecule has 1 aromatic rings. The van der Waals surface area contributed by atoms with E-state index in [-0.39, 0.29) is 6.61 Å². The average molecular weight is 264 g/mol. The molecule has 0 aromatic heterocycles. The second-order valence-corrected chi connectivity index (χ2v) is 9.48. The normalized spacial score (nSPS) is 11.5. The van der Waals surface area contributed by atoms with Crippen LogP contribution in [0.15, 0.2) is 42.1 Å². The summed E-state index contributed by atoms with van der Waals surface area (Å²) in [5.41, 5.74) is 3.55. The first-order valence-electron chi connectivity index (χ1n) is 5.96. The average Bonchev–Trinajstić information content (AvgIpc) is 2.35. The van der Waals surface area contributed by atoms with Gasteiger partial charge >= 0.3 is 6.16 Å². The molecule has 98 valence electrons. The number of rotatable bonds is 5. The van der Waals surface area contributed by atoms with Crippen molar-refractivity contribution >= 4 is 14.2 Å². The van der Waals surface area contributed by atoms with Gasteiger partial charge in [-0.2, -0.15) is 0 Å². The Morgan fingerprint density at radius 2 is 1.94 bits per heavy atom. The minimum atomic E-state index is -1.44. The molecule has 18 heavy (non-hydrogen) atoms. The van der Waals surface area contributed by atoms with E-state index in [0.29, 0.717) is 0 Å². The van der Waals surface area contributed by atoms with E-state index in [1.165, 1.54) is 12.7 Å². The van der Waals surface area contributed by atoms with Crippen molar-refractivity contribution in [3.63, 3.8) is 0 Å². The van der Waals surface area contributed by atoms with Crippen LogP contribution in [0, 0.1) is 0 Å². The van der Waals surface area contributed by atoms with Gasteiger partial charge < -0.3 is 9.47 Å². The highest BCUT2D eigenvalue weighted by atomic mass is 28.3. The Hall–Kier alpha value is -1.55. The van der Waals surface area contributed by atoms with E-state index in [1.54, 1.807) is 0 Å². The smallest absolute Gasteiger partial charge is 0.438 e. The molecule has 0 aliphatic heterocycles. The van der Waals surface area contributed by atoms with Crippen LogP contribution >= 0.6 is 0 Å². The van der Waals surface area contributed by atoms with Gasteiger partial charge in [-0.25, -0.2) is 4.79 Å². The van der Waals surface area contributed by atoms with Crippen molar-refractivity contribution in [2.75, 3.05) is 13.7 Å². The molecule has 0 spiro atoms. The van der Waals surface area contributed by atoms with E-state index in [0.717, 1.165) is 6.04 Å². The van der Waals surface area contributed by atoms with Gasteiger partial charge in [-0.3, -0.25) is 0 Å². The van der Waals surface area contributed by atoms with Crippen LogP contribution in [0.3, 0.4) is 0 Å². The number of carbonyl (C=O) groups is 1. The molecule has 0 radical (unpaired) electrons. The topological polar surface area (TPSA) is 35.5 Å². The lowest BCUT2D eigenvalue weighted by Crippen LogP contribution is -2.26. The Morgan fingerprint density at radius 1 is 1.28 bits per heavy atom. The van der Waals surface area contributed by atoms with Gasteiger partial charge in [0.15, 0.2) is 0 Å². The van der Waals surface area contributed by atoms with Gasteiger partial charge in [-0.1, -0.05) is 60.8 Å². The lowest BCUT2D eigenvalue weighted by atomic mass is 10.2. The molecule has 1 aromatic carbocycles. The van der Waals surface area contributed by atoms with Crippen molar-refractivity contribution in [2.45, 2.75) is 19.1 Å². The van der Waals surface area contributed by atoms with Crippen molar-refractivity contribution in [2.24, 2.45) is 0 Å². The van der Waals surface area contributed by atoms with E-state index in [9.17, 15) is 4.79 Å². The third-order valence-corrected chi connectivity index (χ3v) is 4.99. The molecule has 0 atom stereocenters. The van der Waals surface area contributed by atoms with Crippen molar-refractivity contribution < 1.29 is 14.3 Å². The van der Waals surface area contributed by atoms with E-state index >= 15 is 0 Å². The summed E-state index contributed by atoms with van der Waals surface area (Å²) in [4.78, 5) is 10.8. The van der Waals surface area contributed by atoms with Crippen LogP contribution in [0.25, 0.3) is 0 Å². The zero-order valence-electron chi connectivity index (χ0n) is 11.2. The Balaban J connectivity index is 2.44. The molecule has 0 bridgehead atoms. The van der Waals surface area contributed by atoms with Crippen LogP contribution in [0.4, 0.5) is 4.79 Å². The summed E-state index contributed by atoms with van der Waals surface area (Å²) < 4.78 is 9.21. The fraction of sp³-hybridized carbons (Fsp3) is 0.357. The maximum absolute atomic E-state index is 10.8. The first-order valence-corrected chi connectivity index (χ1v) is 9.24. The van der Waals surface area contributed by atoms with Crippen LogP contribution in [0.2, 0.25) is 13.1 Å². The summed E-state index contributed by atoms with van der Waals surface area (Å²) in [6, 6.07) is 11.5. The Bertz CT molecular complexity index is 399. The predicted molar refractivity (Wildman–Crippen MR) is 75.1 cm³/mol. The fourth-order valence-electron chi connectivity index (χ4n) is 1.72. The molecule has 4 heteroatoms. The van der Waals surface area contributed by atoms with Gasteiger partial charge in [-0.05, 0) is 6.04 Å². The van der Waals surface area contributed by atoms with Crippen molar-refractivity contribution in [3.8, 4) is 0 Å². The highest BCUT2D eigenvalue weighted by Gasteiger charge is 2.17. The minimum Gasteiger partial charge on any atom is -0.438 e. The van der Waals surface area contributed by atoms with Gasteiger partial charge in [0.05, 0.1) is 15.2 Å². The zero-order valence-corrected chi connectivity index (χ0v) is 12.2. The van der Waals surface area contributed by atoms with Crippen molar-refractivity contribution in [1.82, 2.24) is 0 Å². The summed E-state index contributed by atoms with van der Waals surface area (Å²) in [5, 5.41) is 0. The third-order valence-electron chi connectivity index (χ3n) is 2.54. The van der Waals surface area contributed by atoms with Crippen LogP contribution in [-0.4, -0.2) is 27.9 Å². The Kier molecular flexibility index (Phi) is 5.65. The molecule has 0 heterocycles. The quantitative estimate of drug-likeness (QED) is 0.604. The minimum absolute atomic E-state index is 0.276. The predicted octanol–water partition coefficient (Wildman–Crippen LogP) is 3.36. The molecule has 3 nitrogen and oxygen atoms in total. The molecule has 0 unspecified atom stereocenters. The van der Waals surface area contributed by atoms with E-state index in [2.05, 4.69) is 47.8 Å². The number of hydrogen-bond acceptors (Lipinski definition) is 3. The third kappa shape index (κ3) is 5.68. The first kappa shape index (κ1) is 14.5. The standard InChI is InChI=1S/C14H20O3Si/c1-16-14(15)17-10-7-11-18(2,3)12-13-8-5-4-6-9-13/h4-9,11H,10,12H2,1-3H3/b11-7-. The maximum atomic E-state index is 10.8. The largest absolute Gasteiger partial charge is 0.508 e. The molecule has 0 aliphatic carbocycles. The Morgan fingerprint density at radius 3 is 2.56 bits per heavy atom. The van der Waals surface area contributed by atoms with Crippen LogP contribution in [0.5, 0.6) is 0 Å². The molecular weight excluding hydrogens is 244 g/mol. The number of carbonyl (C=O) groups excluding carboxylic acids is 1. The maximum Gasteiger partial charge on any atom is 0.508 e. The number of ether oxygens (including phenoxy) is 2. The molecule has 0 amide bonds. The molecular formula is C14H20O3Si. The van der Waals surface area contributed by atoms with E-state index in [4.69, 9.17) is 4.74 Å². The number of benzene rings is 1. The Labute approximate surface area is 109 Å². The molecule has 0 N–H and O–H groups in total. The fourth-order valence-corrected chi connectivity index (χ4v) is 3.86. The highest BCUT2D eigenvalue weighted by Crippen LogP contribution is 2.13. The summed E-state index contributed by atoms with van der Waals surface area (Å²) >= 11 is 0. The second kappa shape index (κ2) is 7.01. The van der Waals surface area contributed by atoms with Crippen molar-refractivity contribution in [3.05, 3.63) is 47.7 Å². The van der Waals surface area contributed by atoms with Gasteiger partial charge in [0.2, 0.25) is 0 Å². The molecule has 0 saturated heterocycles. The van der Waals surface area contributed by atoms with Crippen molar-refractivity contribution in [1.29, 1.82) is 0 Å².